The second-order valence-electron chi connectivity index (χ2n) is 6.30. The first kappa shape index (κ1) is 18.2. The van der Waals surface area contributed by atoms with Crippen molar-refractivity contribution in [2.75, 3.05) is 14.2 Å². The van der Waals surface area contributed by atoms with Crippen molar-refractivity contribution in [2.45, 2.75) is 6.54 Å². The molecule has 4 rings (SSSR count). The van der Waals surface area contributed by atoms with E-state index in [0.717, 1.165) is 45.3 Å². The van der Waals surface area contributed by atoms with Crippen molar-refractivity contribution in [3.63, 3.8) is 0 Å². The van der Waals surface area contributed by atoms with E-state index < -0.39 is 0 Å². The molecular formula is C21H18N2O4S. The van der Waals surface area contributed by atoms with Gasteiger partial charge >= 0.3 is 0 Å². The zero-order valence-electron chi connectivity index (χ0n) is 15.4. The number of nitrogens with one attached hydrogen (secondary N) is 1. The SMILES string of the molecule is COc1cc(Cn2ccc3c(C=C4SC(=O)NC4=O)cccc32)cc(OC)c1. The number of amides is 2. The van der Waals surface area contributed by atoms with Crippen LogP contribution in [0.15, 0.2) is 53.6 Å². The molecule has 0 bridgehead atoms. The molecule has 142 valence electrons. The van der Waals surface area contributed by atoms with Crippen LogP contribution in [-0.4, -0.2) is 29.9 Å². The van der Waals surface area contributed by atoms with Gasteiger partial charge in [0.05, 0.1) is 19.1 Å². The molecule has 1 saturated heterocycles. The van der Waals surface area contributed by atoms with Crippen LogP contribution >= 0.6 is 11.8 Å². The number of thioether (sulfide) groups is 1. The lowest BCUT2D eigenvalue weighted by molar-refractivity contribution is -0.115. The largest absolute Gasteiger partial charge is 0.497 e. The molecule has 3 aromatic rings. The Hall–Kier alpha value is -3.19. The molecule has 1 aliphatic heterocycles. The molecule has 0 atom stereocenters. The highest BCUT2D eigenvalue weighted by Gasteiger charge is 2.25. The predicted octanol–water partition coefficient (Wildman–Crippen LogP) is 4.03. The van der Waals surface area contributed by atoms with Crippen molar-refractivity contribution in [1.82, 2.24) is 9.88 Å². The van der Waals surface area contributed by atoms with Gasteiger partial charge in [0, 0.05) is 29.7 Å². The van der Waals surface area contributed by atoms with Gasteiger partial charge in [-0.2, -0.15) is 0 Å². The van der Waals surface area contributed by atoms with Gasteiger partial charge < -0.3 is 14.0 Å². The molecule has 1 N–H and O–H groups in total. The Kier molecular flexibility index (Phi) is 4.83. The number of rotatable bonds is 5. The van der Waals surface area contributed by atoms with Crippen molar-refractivity contribution in [2.24, 2.45) is 0 Å². The van der Waals surface area contributed by atoms with Crippen LogP contribution in [0.1, 0.15) is 11.1 Å². The Morgan fingerprint density at radius 2 is 1.82 bits per heavy atom. The van der Waals surface area contributed by atoms with Gasteiger partial charge in [0.1, 0.15) is 11.5 Å². The third-order valence-electron chi connectivity index (χ3n) is 4.54. The smallest absolute Gasteiger partial charge is 0.290 e. The minimum absolute atomic E-state index is 0.340. The molecule has 2 aromatic carbocycles. The molecule has 1 aromatic heterocycles. The van der Waals surface area contributed by atoms with E-state index in [1.54, 1.807) is 20.3 Å². The van der Waals surface area contributed by atoms with Gasteiger partial charge in [0.25, 0.3) is 11.1 Å². The number of hydrogen-bond donors (Lipinski definition) is 1. The van der Waals surface area contributed by atoms with Crippen LogP contribution in [0.5, 0.6) is 11.5 Å². The normalized spacial score (nSPS) is 15.3. The molecular weight excluding hydrogens is 376 g/mol. The summed E-state index contributed by atoms with van der Waals surface area (Å²) in [4.78, 5) is 23.6. The fourth-order valence-corrected chi connectivity index (χ4v) is 3.90. The molecule has 6 nitrogen and oxygen atoms in total. The van der Waals surface area contributed by atoms with Crippen molar-refractivity contribution >= 4 is 39.9 Å². The quantitative estimate of drug-likeness (QED) is 0.662. The lowest BCUT2D eigenvalue weighted by Crippen LogP contribution is -2.17. The first-order valence-corrected chi connectivity index (χ1v) is 9.43. The molecule has 0 saturated carbocycles. The summed E-state index contributed by atoms with van der Waals surface area (Å²) >= 11 is 0.922. The van der Waals surface area contributed by atoms with Crippen LogP contribution in [0.3, 0.4) is 0 Å². The van der Waals surface area contributed by atoms with E-state index in [0.29, 0.717) is 11.4 Å². The molecule has 2 amide bonds. The van der Waals surface area contributed by atoms with E-state index in [2.05, 4.69) is 9.88 Å². The minimum atomic E-state index is -0.352. The number of carbonyl (C=O) groups excluding carboxylic acids is 2. The first-order chi connectivity index (χ1) is 13.6. The standard InChI is InChI=1S/C21H18N2O4S/c1-26-15-8-13(9-16(11-15)27-2)12-23-7-6-17-14(4-3-5-18(17)23)10-19-20(24)22-21(25)28-19/h3-11H,12H2,1-2H3,(H,22,24,25). The Bertz CT molecular complexity index is 1090. The van der Waals surface area contributed by atoms with E-state index in [1.807, 2.05) is 48.7 Å². The van der Waals surface area contributed by atoms with Crippen LogP contribution in [-0.2, 0) is 11.3 Å². The van der Waals surface area contributed by atoms with Crippen molar-refractivity contribution in [1.29, 1.82) is 0 Å². The lowest BCUT2D eigenvalue weighted by Gasteiger charge is -2.10. The Morgan fingerprint density at radius 1 is 1.07 bits per heavy atom. The monoisotopic (exact) mass is 394 g/mol. The summed E-state index contributed by atoms with van der Waals surface area (Å²) < 4.78 is 12.8. The van der Waals surface area contributed by atoms with Crippen LogP contribution in [0.25, 0.3) is 17.0 Å². The zero-order chi connectivity index (χ0) is 19.7. The third-order valence-corrected chi connectivity index (χ3v) is 5.35. The van der Waals surface area contributed by atoms with Crippen molar-refractivity contribution < 1.29 is 19.1 Å². The van der Waals surface area contributed by atoms with E-state index in [4.69, 9.17) is 9.47 Å². The summed E-state index contributed by atoms with van der Waals surface area (Å²) in [6.45, 7) is 0.644. The second kappa shape index (κ2) is 7.44. The average Bonchev–Trinajstić information content (AvgIpc) is 3.24. The number of ether oxygens (including phenoxy) is 2. The van der Waals surface area contributed by atoms with Gasteiger partial charge in [-0.15, -0.1) is 0 Å². The number of imide groups is 1. The number of methoxy groups -OCH3 is 2. The van der Waals surface area contributed by atoms with E-state index in [9.17, 15) is 9.59 Å². The molecule has 7 heteroatoms. The molecule has 0 radical (unpaired) electrons. The number of nitrogens with zero attached hydrogens (tertiary/aromatic N) is 1. The molecule has 1 aliphatic rings. The maximum Gasteiger partial charge on any atom is 0.290 e. The summed E-state index contributed by atoms with van der Waals surface area (Å²) in [7, 11) is 3.26. The number of fused-ring (bicyclic) bond motifs is 1. The Labute approximate surface area is 166 Å². The van der Waals surface area contributed by atoms with Gasteiger partial charge in [-0.25, -0.2) is 0 Å². The molecule has 0 unspecified atom stereocenters. The fraction of sp³-hybridized carbons (Fsp3) is 0.143. The molecule has 1 fully saturated rings. The second-order valence-corrected chi connectivity index (χ2v) is 7.31. The van der Waals surface area contributed by atoms with Gasteiger partial charge in [-0.3, -0.25) is 14.9 Å². The predicted molar refractivity (Wildman–Crippen MR) is 110 cm³/mol. The van der Waals surface area contributed by atoms with Crippen LogP contribution in [0.4, 0.5) is 4.79 Å². The molecule has 0 spiro atoms. The number of benzene rings is 2. The first-order valence-electron chi connectivity index (χ1n) is 8.62. The van der Waals surface area contributed by atoms with E-state index in [-0.39, 0.29) is 11.1 Å². The Balaban J connectivity index is 1.70. The maximum atomic E-state index is 11.8. The van der Waals surface area contributed by atoms with Crippen LogP contribution < -0.4 is 14.8 Å². The maximum absolute atomic E-state index is 11.8. The minimum Gasteiger partial charge on any atom is -0.497 e. The fourth-order valence-electron chi connectivity index (χ4n) is 3.23. The van der Waals surface area contributed by atoms with E-state index >= 15 is 0 Å². The summed E-state index contributed by atoms with van der Waals surface area (Å²) in [5, 5.41) is 2.95. The molecule has 28 heavy (non-hydrogen) atoms. The van der Waals surface area contributed by atoms with Crippen LogP contribution in [0.2, 0.25) is 0 Å². The van der Waals surface area contributed by atoms with E-state index in [1.165, 1.54) is 0 Å². The van der Waals surface area contributed by atoms with Crippen molar-refractivity contribution in [3.05, 3.63) is 64.7 Å². The number of carbonyl (C=O) groups is 2. The lowest BCUT2D eigenvalue weighted by atomic mass is 10.1. The summed E-state index contributed by atoms with van der Waals surface area (Å²) in [6.07, 6.45) is 3.76. The summed E-state index contributed by atoms with van der Waals surface area (Å²) in [5.74, 6) is 1.13. The van der Waals surface area contributed by atoms with Crippen LogP contribution in [0, 0.1) is 0 Å². The number of aromatic nitrogens is 1. The highest BCUT2D eigenvalue weighted by molar-refractivity contribution is 8.18. The topological polar surface area (TPSA) is 69.6 Å². The summed E-state index contributed by atoms with van der Waals surface area (Å²) in [6, 6.07) is 13.7. The zero-order valence-corrected chi connectivity index (χ0v) is 16.2. The van der Waals surface area contributed by atoms with Gasteiger partial charge in [-0.1, -0.05) is 12.1 Å². The Morgan fingerprint density at radius 3 is 2.46 bits per heavy atom. The highest BCUT2D eigenvalue weighted by Crippen LogP contribution is 2.30. The van der Waals surface area contributed by atoms with Gasteiger partial charge in [0.15, 0.2) is 0 Å². The third kappa shape index (κ3) is 3.48. The highest BCUT2D eigenvalue weighted by atomic mass is 32.2. The van der Waals surface area contributed by atoms with Gasteiger partial charge in [0.2, 0.25) is 0 Å². The molecule has 0 aliphatic carbocycles. The van der Waals surface area contributed by atoms with Gasteiger partial charge in [-0.05, 0) is 53.2 Å². The number of hydrogen-bond acceptors (Lipinski definition) is 5. The average molecular weight is 394 g/mol. The molecule has 2 heterocycles. The summed E-state index contributed by atoms with van der Waals surface area (Å²) in [5.41, 5.74) is 2.98. The van der Waals surface area contributed by atoms with Crippen molar-refractivity contribution in [3.8, 4) is 11.5 Å².